The second kappa shape index (κ2) is 5.96. The van der Waals surface area contributed by atoms with Gasteiger partial charge in [-0.15, -0.1) is 0 Å². The van der Waals surface area contributed by atoms with Crippen LogP contribution in [0.4, 0.5) is 13.2 Å². The fraction of sp³-hybridized carbons (Fsp3) is 0.786. The number of aromatic nitrogens is 2. The van der Waals surface area contributed by atoms with Gasteiger partial charge in [-0.25, -0.2) is 0 Å². The van der Waals surface area contributed by atoms with Gasteiger partial charge in [0.1, 0.15) is 5.60 Å². The molecular formula is C14H22F3N3O. The molecule has 2 N–H and O–H groups in total. The molecule has 0 aliphatic heterocycles. The van der Waals surface area contributed by atoms with Crippen LogP contribution in [-0.4, -0.2) is 33.6 Å². The minimum Gasteiger partial charge on any atom is -0.384 e. The van der Waals surface area contributed by atoms with Crippen molar-refractivity contribution in [2.45, 2.75) is 50.4 Å². The lowest BCUT2D eigenvalue weighted by Crippen LogP contribution is -2.44. The summed E-state index contributed by atoms with van der Waals surface area (Å²) in [5.41, 5.74) is -0.486. The first-order valence-corrected chi connectivity index (χ1v) is 7.20. The first kappa shape index (κ1) is 16.3. The Hall–Kier alpha value is -1.08. The third-order valence-corrected chi connectivity index (χ3v) is 4.20. The maximum Gasteiger partial charge on any atom is 0.391 e. The molecule has 1 saturated carbocycles. The van der Waals surface area contributed by atoms with E-state index < -0.39 is 17.7 Å². The van der Waals surface area contributed by atoms with Crippen molar-refractivity contribution in [2.24, 2.45) is 13.0 Å². The molecule has 1 aliphatic carbocycles. The van der Waals surface area contributed by atoms with Gasteiger partial charge in [0.15, 0.2) is 0 Å². The molecular weight excluding hydrogens is 283 g/mol. The summed E-state index contributed by atoms with van der Waals surface area (Å²) >= 11 is 0. The van der Waals surface area contributed by atoms with Crippen LogP contribution in [0, 0.1) is 5.92 Å². The van der Waals surface area contributed by atoms with Gasteiger partial charge in [-0.3, -0.25) is 4.68 Å². The quantitative estimate of drug-likeness (QED) is 0.898. The molecule has 1 heterocycles. The van der Waals surface area contributed by atoms with Crippen LogP contribution >= 0.6 is 0 Å². The van der Waals surface area contributed by atoms with Crippen LogP contribution in [0.25, 0.3) is 0 Å². The second-order valence-corrected chi connectivity index (χ2v) is 6.16. The predicted octanol–water partition coefficient (Wildman–Crippen LogP) is 2.34. The van der Waals surface area contributed by atoms with Gasteiger partial charge < -0.3 is 10.4 Å². The van der Waals surface area contributed by atoms with Crippen molar-refractivity contribution in [1.82, 2.24) is 15.1 Å². The van der Waals surface area contributed by atoms with Crippen LogP contribution in [0.2, 0.25) is 0 Å². The highest BCUT2D eigenvalue weighted by Crippen LogP contribution is 2.37. The van der Waals surface area contributed by atoms with E-state index in [-0.39, 0.29) is 25.4 Å². The molecule has 3 atom stereocenters. The fourth-order valence-electron chi connectivity index (χ4n) is 2.82. The lowest BCUT2D eigenvalue weighted by molar-refractivity contribution is -0.183. The Bertz CT molecular complexity index is 470. The average molecular weight is 305 g/mol. The summed E-state index contributed by atoms with van der Waals surface area (Å²) in [5.74, 6) is -1.23. The number of hydrogen-bond acceptors (Lipinski definition) is 3. The molecule has 4 nitrogen and oxygen atoms in total. The number of alkyl halides is 3. The second-order valence-electron chi connectivity index (χ2n) is 6.16. The predicted molar refractivity (Wildman–Crippen MR) is 72.6 cm³/mol. The number of halogens is 3. The SMILES string of the molecule is Cn1cc([C@](C)(O)CN[C@@H]2CCC[C@H](C(F)(F)F)C2)cn1. The summed E-state index contributed by atoms with van der Waals surface area (Å²) < 4.78 is 39.9. The molecule has 2 rings (SSSR count). The first-order valence-electron chi connectivity index (χ1n) is 7.20. The Morgan fingerprint density at radius 2 is 2.14 bits per heavy atom. The lowest BCUT2D eigenvalue weighted by atomic mass is 9.85. The standard InChI is InChI=1S/C14H22F3N3O/c1-13(21,11-7-19-20(2)8-11)9-18-12-5-3-4-10(6-12)14(15,16)17/h7-8,10,12,18,21H,3-6,9H2,1-2H3/t10-,12+,13+/m0/s1. The van der Waals surface area contributed by atoms with E-state index in [2.05, 4.69) is 10.4 Å². The highest BCUT2D eigenvalue weighted by atomic mass is 19.4. The monoisotopic (exact) mass is 305 g/mol. The zero-order valence-electron chi connectivity index (χ0n) is 12.3. The van der Waals surface area contributed by atoms with Crippen molar-refractivity contribution in [3.05, 3.63) is 18.0 Å². The van der Waals surface area contributed by atoms with Crippen molar-refractivity contribution in [2.75, 3.05) is 6.54 Å². The Kier molecular flexibility index (Phi) is 4.63. The van der Waals surface area contributed by atoms with Crippen LogP contribution in [-0.2, 0) is 12.6 Å². The largest absolute Gasteiger partial charge is 0.391 e. The van der Waals surface area contributed by atoms with Crippen molar-refractivity contribution in [3.63, 3.8) is 0 Å². The molecule has 120 valence electrons. The molecule has 1 aromatic rings. The molecule has 1 fully saturated rings. The molecule has 0 amide bonds. The van der Waals surface area contributed by atoms with Gasteiger partial charge >= 0.3 is 6.18 Å². The van der Waals surface area contributed by atoms with Gasteiger partial charge in [0, 0.05) is 31.4 Å². The van der Waals surface area contributed by atoms with Gasteiger partial charge in [0.2, 0.25) is 0 Å². The molecule has 1 aliphatic rings. The topological polar surface area (TPSA) is 50.1 Å². The van der Waals surface area contributed by atoms with Crippen molar-refractivity contribution in [3.8, 4) is 0 Å². The molecule has 0 radical (unpaired) electrons. The molecule has 0 saturated heterocycles. The summed E-state index contributed by atoms with van der Waals surface area (Å²) in [4.78, 5) is 0. The summed E-state index contributed by atoms with van der Waals surface area (Å²) in [6.45, 7) is 1.86. The summed E-state index contributed by atoms with van der Waals surface area (Å²) in [7, 11) is 1.75. The average Bonchev–Trinajstić information content (AvgIpc) is 2.83. The van der Waals surface area contributed by atoms with E-state index in [1.54, 1.807) is 31.0 Å². The number of aryl methyl sites for hydroxylation is 1. The van der Waals surface area contributed by atoms with Crippen LogP contribution < -0.4 is 5.32 Å². The minimum absolute atomic E-state index is 0.0899. The van der Waals surface area contributed by atoms with E-state index in [1.165, 1.54) is 0 Å². The van der Waals surface area contributed by atoms with E-state index in [4.69, 9.17) is 0 Å². The highest BCUT2D eigenvalue weighted by molar-refractivity contribution is 5.14. The van der Waals surface area contributed by atoms with E-state index in [0.29, 0.717) is 12.0 Å². The van der Waals surface area contributed by atoms with Crippen LogP contribution in [0.1, 0.15) is 38.2 Å². The zero-order chi connectivity index (χ0) is 15.7. The van der Waals surface area contributed by atoms with E-state index >= 15 is 0 Å². The van der Waals surface area contributed by atoms with Crippen LogP contribution in [0.5, 0.6) is 0 Å². The molecule has 0 spiro atoms. The Morgan fingerprint density at radius 3 is 2.71 bits per heavy atom. The maximum absolute atomic E-state index is 12.8. The molecule has 0 bridgehead atoms. The number of nitrogens with zero attached hydrogens (tertiary/aromatic N) is 2. The van der Waals surface area contributed by atoms with E-state index in [9.17, 15) is 18.3 Å². The van der Waals surface area contributed by atoms with Crippen molar-refractivity contribution < 1.29 is 18.3 Å². The molecule has 0 aromatic carbocycles. The number of aliphatic hydroxyl groups is 1. The van der Waals surface area contributed by atoms with Crippen LogP contribution in [0.3, 0.4) is 0 Å². The number of rotatable bonds is 4. The first-order chi connectivity index (χ1) is 9.68. The number of nitrogens with one attached hydrogen (secondary N) is 1. The van der Waals surface area contributed by atoms with E-state index in [0.717, 1.165) is 6.42 Å². The normalized spacial score (nSPS) is 26.6. The van der Waals surface area contributed by atoms with Gasteiger partial charge in [0.25, 0.3) is 0 Å². The van der Waals surface area contributed by atoms with Gasteiger partial charge in [-0.2, -0.15) is 18.3 Å². The van der Waals surface area contributed by atoms with Gasteiger partial charge in [-0.05, 0) is 26.2 Å². The van der Waals surface area contributed by atoms with Crippen molar-refractivity contribution >= 4 is 0 Å². The third-order valence-electron chi connectivity index (χ3n) is 4.20. The molecule has 1 aromatic heterocycles. The third kappa shape index (κ3) is 4.20. The Morgan fingerprint density at radius 1 is 1.43 bits per heavy atom. The Balaban J connectivity index is 1.90. The molecule has 0 unspecified atom stereocenters. The smallest absolute Gasteiger partial charge is 0.384 e. The highest BCUT2D eigenvalue weighted by Gasteiger charge is 2.42. The van der Waals surface area contributed by atoms with E-state index in [1.807, 2.05) is 0 Å². The van der Waals surface area contributed by atoms with Gasteiger partial charge in [0.05, 0.1) is 12.1 Å². The zero-order valence-corrected chi connectivity index (χ0v) is 12.3. The maximum atomic E-state index is 12.8. The molecule has 21 heavy (non-hydrogen) atoms. The van der Waals surface area contributed by atoms with Crippen molar-refractivity contribution in [1.29, 1.82) is 0 Å². The summed E-state index contributed by atoms with van der Waals surface area (Å²) in [5, 5.41) is 17.5. The summed E-state index contributed by atoms with van der Waals surface area (Å²) in [6, 6.07) is -0.200. The lowest BCUT2D eigenvalue weighted by Gasteiger charge is -2.33. The minimum atomic E-state index is -4.12. The summed E-state index contributed by atoms with van der Waals surface area (Å²) in [6.07, 6.45) is 0.744. The molecule has 7 heteroatoms. The Labute approximate surface area is 122 Å². The van der Waals surface area contributed by atoms with Gasteiger partial charge in [-0.1, -0.05) is 6.42 Å². The van der Waals surface area contributed by atoms with Crippen LogP contribution in [0.15, 0.2) is 12.4 Å². The number of hydrogen-bond donors (Lipinski definition) is 2. The fourth-order valence-corrected chi connectivity index (χ4v) is 2.82.